The Labute approximate surface area is 621 Å². The molecule has 15 rings (SSSR count). The number of hydrogen-bond acceptors (Lipinski definition) is 16. The Morgan fingerprint density at radius 1 is 0.481 bits per heavy atom. The number of nitrogens with one attached hydrogen (secondary N) is 3. The minimum atomic E-state index is -3.61. The summed E-state index contributed by atoms with van der Waals surface area (Å²) in [5, 5.41) is 17.3. The summed E-state index contributed by atoms with van der Waals surface area (Å²) in [7, 11) is -1.54. The summed E-state index contributed by atoms with van der Waals surface area (Å²) in [6.07, 6.45) is 3.27. The largest absolute Gasteiger partial charge is 0.489 e. The molecular formula is C80H83ClN10O14S. The highest BCUT2D eigenvalue weighted by atomic mass is 35.5. The lowest BCUT2D eigenvalue weighted by Gasteiger charge is -2.35. The van der Waals surface area contributed by atoms with Crippen LogP contribution in [0.5, 0.6) is 17.2 Å². The van der Waals surface area contributed by atoms with E-state index in [9.17, 15) is 46.8 Å². The number of carbonyl (C=O) groups is 8. The van der Waals surface area contributed by atoms with E-state index < -0.39 is 45.9 Å². The number of nitrogens with zero attached hydrogens (tertiary/aromatic N) is 7. The van der Waals surface area contributed by atoms with Crippen LogP contribution in [0.15, 0.2) is 199 Å². The van der Waals surface area contributed by atoms with Gasteiger partial charge in [-0.2, -0.15) is 4.31 Å². The quantitative estimate of drug-likeness (QED) is 0.0622. The molecule has 24 nitrogen and oxygen atoms in total. The second-order valence-corrected chi connectivity index (χ2v) is 29.0. The molecule has 26 heteroatoms. The molecule has 5 fully saturated rings. The van der Waals surface area contributed by atoms with E-state index in [1.165, 1.54) is 4.31 Å². The highest BCUT2D eigenvalue weighted by Crippen LogP contribution is 2.38. The van der Waals surface area contributed by atoms with E-state index in [1.807, 2.05) is 83.8 Å². The van der Waals surface area contributed by atoms with Crippen LogP contribution in [0.1, 0.15) is 124 Å². The van der Waals surface area contributed by atoms with Crippen LogP contribution >= 0.6 is 12.4 Å². The molecule has 0 saturated carbocycles. The maximum absolute atomic E-state index is 13.3. The van der Waals surface area contributed by atoms with Crippen molar-refractivity contribution in [1.82, 2.24) is 44.8 Å². The van der Waals surface area contributed by atoms with Crippen molar-refractivity contribution in [2.24, 2.45) is 0 Å². The molecule has 106 heavy (non-hydrogen) atoms. The molecular weight excluding hydrogens is 1390 g/mol. The molecule has 0 radical (unpaired) electrons. The Hall–Kier alpha value is -11.0. The average Bonchev–Trinajstić information content (AvgIpc) is 1.62. The molecule has 5 saturated heterocycles. The lowest BCUT2D eigenvalue weighted by Crippen LogP contribution is -2.51. The molecule has 7 aromatic rings. The van der Waals surface area contributed by atoms with Gasteiger partial charge < -0.3 is 59.8 Å². The van der Waals surface area contributed by atoms with E-state index in [2.05, 4.69) is 52.5 Å². The maximum atomic E-state index is 13.3. The minimum Gasteiger partial charge on any atom is -0.489 e. The van der Waals surface area contributed by atoms with Crippen molar-refractivity contribution in [1.29, 1.82) is 0 Å². The van der Waals surface area contributed by atoms with Gasteiger partial charge in [0.15, 0.2) is 0 Å². The maximum Gasteiger partial charge on any atom is 0.266 e. The number of imide groups is 1. The molecule has 3 unspecified atom stereocenters. The van der Waals surface area contributed by atoms with Crippen LogP contribution in [0.4, 0.5) is 5.69 Å². The number of halogens is 1. The number of piperazine rings is 2. The lowest BCUT2D eigenvalue weighted by atomic mass is 10.0. The molecule has 8 aliphatic rings. The molecule has 550 valence electrons. The number of likely N-dealkylation sites (N-methyl/N-ethyl adjacent to an activating group) is 1. The van der Waals surface area contributed by atoms with Crippen molar-refractivity contribution in [3.05, 3.63) is 256 Å². The summed E-state index contributed by atoms with van der Waals surface area (Å²) in [6.45, 7) is 18.1. The fourth-order valence-corrected chi connectivity index (χ4v) is 15.5. The molecule has 7 aromatic carbocycles. The number of piperidine rings is 3. The number of hydrogen-bond donors (Lipinski definition) is 4. The average molecular weight is 1480 g/mol. The SMILES string of the molecule is C=C1CCC(N2C(=O)c3cccc(OCc4ccc(CO)cc4)c3C2=O)C(=O)N1.C=C1CCC(N2Cc3c(OCc4ccc(C(=O)N5CCN(C)CC5)cc4)cccc3C2=O)C(=O)N1.C=C1CCC(N2Cc3c(OCc4ccc(S(=O)(=O)N5CCN(c6ccccc6)CC5)cc4)cccc3C2=O)C(=O)N1.Cl. The van der Waals surface area contributed by atoms with Gasteiger partial charge in [-0.15, -0.1) is 12.4 Å². The van der Waals surface area contributed by atoms with Gasteiger partial charge in [-0.05, 0) is 141 Å². The number of allylic oxidation sites excluding steroid dienone is 3. The van der Waals surface area contributed by atoms with Gasteiger partial charge in [-0.25, -0.2) is 8.42 Å². The van der Waals surface area contributed by atoms with Crippen molar-refractivity contribution in [3.8, 4) is 17.2 Å². The number of sulfonamides is 1. The second-order valence-electron chi connectivity index (χ2n) is 27.0. The van der Waals surface area contributed by atoms with Crippen molar-refractivity contribution < 1.29 is 66.1 Å². The van der Waals surface area contributed by atoms with Crippen LogP contribution in [0, 0.1) is 0 Å². The zero-order valence-corrected chi connectivity index (χ0v) is 60.3. The number of ether oxygens (including phenoxy) is 3. The normalized spacial score (nSPS) is 19.5. The standard InChI is InChI=1S/C31H32N4O5S.C27H30N4O4.C22H20N2O5.ClH/c1-22-10-15-28(30(36)32-22)35-20-27-26(31(35)37)8-5-9-29(27)40-21-23-11-13-25(14-12-23)41(38,39)34-18-16-33(17-19-34)24-6-3-2-4-7-24;1-18-6-11-23(25(32)28-18)31-16-22-21(27(31)34)4-3-5-24(22)35-17-19-7-9-20(10-8-19)26(33)30-14-12-29(2)13-15-30;1-13-5-10-17(20(26)23-13)24-21(27)16-3-2-4-18(19(16)22(24)28)29-12-15-8-6-14(11-25)7-9-15;/h2-9,11-14,28H,1,10,15-21H2,(H,32,36);3-5,7-10,23H,1,6,11-17H2,2H3,(H,28,32);2-4,6-9,17,25H,1,5,10-12H2,(H,23,26);1H. The Bertz CT molecular complexity index is 4700. The number of aliphatic hydroxyl groups excluding tert-OH is 1. The van der Waals surface area contributed by atoms with Gasteiger partial charge in [0, 0.05) is 103 Å². The Morgan fingerprint density at radius 3 is 1.40 bits per heavy atom. The van der Waals surface area contributed by atoms with Crippen LogP contribution in [-0.4, -0.2) is 167 Å². The van der Waals surface area contributed by atoms with Crippen molar-refractivity contribution in [2.75, 3.05) is 64.3 Å². The fraction of sp³-hybridized carbons (Fsp3) is 0.300. The van der Waals surface area contributed by atoms with E-state index in [0.29, 0.717) is 135 Å². The number of anilines is 1. The second kappa shape index (κ2) is 32.6. The molecule has 3 atom stereocenters. The number of benzene rings is 7. The van der Waals surface area contributed by atoms with Crippen LogP contribution in [-0.2, 0) is 63.9 Å². The van der Waals surface area contributed by atoms with Crippen molar-refractivity contribution in [2.45, 2.75) is 101 Å². The number of aliphatic hydroxyl groups is 1. The zero-order chi connectivity index (χ0) is 73.6. The van der Waals surface area contributed by atoms with Gasteiger partial charge in [-0.3, -0.25) is 43.3 Å². The van der Waals surface area contributed by atoms with Crippen LogP contribution in [0.2, 0.25) is 0 Å². The van der Waals surface area contributed by atoms with E-state index in [0.717, 1.165) is 70.1 Å². The predicted octanol–water partition coefficient (Wildman–Crippen LogP) is 8.49. The summed E-state index contributed by atoms with van der Waals surface area (Å²) in [6, 6.07) is 45.2. The molecule has 8 aliphatic heterocycles. The highest BCUT2D eigenvalue weighted by Gasteiger charge is 2.46. The fourth-order valence-electron chi connectivity index (χ4n) is 14.1. The molecule has 0 spiro atoms. The third-order valence-electron chi connectivity index (χ3n) is 20.1. The van der Waals surface area contributed by atoms with Gasteiger partial charge in [-0.1, -0.05) is 105 Å². The first-order valence-corrected chi connectivity index (χ1v) is 36.5. The summed E-state index contributed by atoms with van der Waals surface area (Å²) >= 11 is 0. The molecule has 0 aromatic heterocycles. The molecule has 0 aliphatic carbocycles. The molecule has 8 amide bonds. The van der Waals surface area contributed by atoms with Crippen LogP contribution < -0.4 is 35.1 Å². The smallest absolute Gasteiger partial charge is 0.266 e. The molecule has 0 bridgehead atoms. The summed E-state index contributed by atoms with van der Waals surface area (Å²) in [4.78, 5) is 113. The highest BCUT2D eigenvalue weighted by molar-refractivity contribution is 7.89. The zero-order valence-electron chi connectivity index (χ0n) is 58.7. The van der Waals surface area contributed by atoms with Crippen LogP contribution in [0.25, 0.3) is 0 Å². The van der Waals surface area contributed by atoms with Gasteiger partial charge in [0.25, 0.3) is 29.5 Å². The number of fused-ring (bicyclic) bond motifs is 3. The minimum absolute atomic E-state index is 0. The third-order valence-corrected chi connectivity index (χ3v) is 22.1. The Morgan fingerprint density at radius 2 is 0.915 bits per heavy atom. The van der Waals surface area contributed by atoms with Gasteiger partial charge in [0.05, 0.1) is 35.7 Å². The molecule has 4 N–H and O–H groups in total. The van der Waals surface area contributed by atoms with Crippen molar-refractivity contribution >= 4 is 75.4 Å². The first-order chi connectivity index (χ1) is 50.7. The molecule has 8 heterocycles. The Kier molecular flexibility index (Phi) is 23.0. The van der Waals surface area contributed by atoms with Gasteiger partial charge >= 0.3 is 0 Å². The van der Waals surface area contributed by atoms with Crippen LogP contribution in [0.3, 0.4) is 0 Å². The Balaban J connectivity index is 0.000000151. The number of carbonyl (C=O) groups excluding carboxylic acids is 8. The third kappa shape index (κ3) is 16.1. The summed E-state index contributed by atoms with van der Waals surface area (Å²) < 4.78 is 46.1. The summed E-state index contributed by atoms with van der Waals surface area (Å²) in [5.41, 5.74) is 10.2. The van der Waals surface area contributed by atoms with E-state index >= 15 is 0 Å². The van der Waals surface area contributed by atoms with E-state index in [1.54, 1.807) is 88.7 Å². The lowest BCUT2D eigenvalue weighted by molar-refractivity contribution is -0.127. The van der Waals surface area contributed by atoms with E-state index in [4.69, 9.17) is 19.3 Å². The first-order valence-electron chi connectivity index (χ1n) is 35.1. The predicted molar refractivity (Wildman–Crippen MR) is 397 cm³/mol. The number of para-hydroxylation sites is 1. The number of rotatable bonds is 17. The van der Waals surface area contributed by atoms with Gasteiger partial charge in [0.2, 0.25) is 27.7 Å². The topological polar surface area (TPSA) is 277 Å². The first kappa shape index (κ1) is 74.7. The monoisotopic (exact) mass is 1470 g/mol. The van der Waals surface area contributed by atoms with Gasteiger partial charge in [0.1, 0.15) is 55.2 Å². The van der Waals surface area contributed by atoms with Crippen molar-refractivity contribution in [3.63, 3.8) is 0 Å². The summed E-state index contributed by atoms with van der Waals surface area (Å²) in [5.74, 6) is -0.572. The van der Waals surface area contributed by atoms with E-state index in [-0.39, 0.29) is 77.8 Å². The number of amides is 8.